The van der Waals surface area contributed by atoms with E-state index in [1.807, 2.05) is 6.08 Å². The molecule has 1 unspecified atom stereocenters. The molecule has 1 fully saturated rings. The summed E-state index contributed by atoms with van der Waals surface area (Å²) in [4.78, 5) is 24.2. The van der Waals surface area contributed by atoms with Crippen molar-refractivity contribution in [2.24, 2.45) is 5.92 Å². The van der Waals surface area contributed by atoms with Crippen molar-refractivity contribution in [1.29, 1.82) is 0 Å². The monoisotopic (exact) mass is 404 g/mol. The highest BCUT2D eigenvalue weighted by molar-refractivity contribution is 6.19. The molecule has 2 aromatic rings. The molecule has 7 nitrogen and oxygen atoms in total. The number of nitrogens with zero attached hydrogens (tertiary/aromatic N) is 3. The second kappa shape index (κ2) is 9.89. The van der Waals surface area contributed by atoms with E-state index in [0.29, 0.717) is 35.5 Å². The van der Waals surface area contributed by atoms with Crippen LogP contribution in [0.1, 0.15) is 32.6 Å². The Bertz CT molecular complexity index is 894. The highest BCUT2D eigenvalue weighted by Gasteiger charge is 2.15. The van der Waals surface area contributed by atoms with Gasteiger partial charge in [-0.3, -0.25) is 4.57 Å². The molecule has 1 atom stereocenters. The van der Waals surface area contributed by atoms with Crippen molar-refractivity contribution >= 4 is 28.7 Å². The number of alkyl halides is 1. The molecule has 2 aromatic heterocycles. The van der Waals surface area contributed by atoms with E-state index >= 15 is 0 Å². The number of halogens is 1. The number of hydrogen-bond donors (Lipinski definition) is 3. The Morgan fingerprint density at radius 2 is 2.39 bits per heavy atom. The van der Waals surface area contributed by atoms with Crippen molar-refractivity contribution in [3.8, 4) is 0 Å². The van der Waals surface area contributed by atoms with Crippen LogP contribution in [-0.2, 0) is 6.54 Å². The summed E-state index contributed by atoms with van der Waals surface area (Å²) in [6.45, 7) is 9.17. The molecule has 3 N–H and O–H groups in total. The Balaban J connectivity index is 1.80. The van der Waals surface area contributed by atoms with Gasteiger partial charge in [-0.2, -0.15) is 4.98 Å². The Kier molecular flexibility index (Phi) is 7.28. The van der Waals surface area contributed by atoms with E-state index in [2.05, 4.69) is 39.1 Å². The van der Waals surface area contributed by atoms with Gasteiger partial charge < -0.3 is 15.6 Å². The number of piperidine rings is 1. The number of nitrogens with one attached hydrogen (secondary N) is 3. The van der Waals surface area contributed by atoms with Crippen molar-refractivity contribution < 1.29 is 0 Å². The fraction of sp³-hybridized carbons (Fsp3) is 0.550. The zero-order valence-corrected chi connectivity index (χ0v) is 17.2. The van der Waals surface area contributed by atoms with Crippen molar-refractivity contribution in [2.75, 3.05) is 30.8 Å². The SMILES string of the molecule is C=CCC/C(C)=C(\CCl)Cn1c(=O)[nH]c2cnc(NCC3CCCNC3)nc21. The topological polar surface area (TPSA) is 87.6 Å². The van der Waals surface area contributed by atoms with Gasteiger partial charge in [0.2, 0.25) is 5.95 Å². The number of fused-ring (bicyclic) bond motifs is 1. The van der Waals surface area contributed by atoms with E-state index in [1.54, 1.807) is 10.8 Å². The van der Waals surface area contributed by atoms with Gasteiger partial charge >= 0.3 is 5.69 Å². The summed E-state index contributed by atoms with van der Waals surface area (Å²) in [6, 6.07) is 0. The lowest BCUT2D eigenvalue weighted by Gasteiger charge is -2.22. The van der Waals surface area contributed by atoms with Crippen LogP contribution in [-0.4, -0.2) is 45.0 Å². The largest absolute Gasteiger partial charge is 0.354 e. The number of aromatic amines is 1. The third-order valence-electron chi connectivity index (χ3n) is 5.30. The molecule has 3 heterocycles. The number of imidazole rings is 1. The summed E-state index contributed by atoms with van der Waals surface area (Å²) in [5.41, 5.74) is 3.26. The van der Waals surface area contributed by atoms with Gasteiger partial charge in [-0.15, -0.1) is 18.2 Å². The van der Waals surface area contributed by atoms with E-state index in [-0.39, 0.29) is 5.69 Å². The van der Waals surface area contributed by atoms with Crippen LogP contribution in [0.25, 0.3) is 11.2 Å². The van der Waals surface area contributed by atoms with E-state index in [4.69, 9.17) is 11.6 Å². The van der Waals surface area contributed by atoms with E-state index in [9.17, 15) is 4.79 Å². The molecule has 0 aromatic carbocycles. The molecule has 3 rings (SSSR count). The highest BCUT2D eigenvalue weighted by atomic mass is 35.5. The minimum Gasteiger partial charge on any atom is -0.354 e. The zero-order valence-electron chi connectivity index (χ0n) is 16.4. The lowest BCUT2D eigenvalue weighted by atomic mass is 10.00. The molecule has 8 heteroatoms. The fourth-order valence-corrected chi connectivity index (χ4v) is 3.80. The van der Waals surface area contributed by atoms with Crippen LogP contribution in [0.2, 0.25) is 0 Å². The van der Waals surface area contributed by atoms with Crippen LogP contribution >= 0.6 is 11.6 Å². The number of aromatic nitrogens is 4. The van der Waals surface area contributed by atoms with Crippen molar-refractivity contribution in [2.45, 2.75) is 39.2 Å². The maximum atomic E-state index is 12.5. The molecule has 0 radical (unpaired) electrons. The molecule has 0 spiro atoms. The second-order valence-corrected chi connectivity index (χ2v) is 7.65. The minimum atomic E-state index is -0.197. The fourth-order valence-electron chi connectivity index (χ4n) is 3.49. The number of allylic oxidation sites excluding steroid dienone is 3. The van der Waals surface area contributed by atoms with Gasteiger partial charge in [0.15, 0.2) is 5.65 Å². The summed E-state index contributed by atoms with van der Waals surface area (Å²) >= 11 is 6.17. The summed E-state index contributed by atoms with van der Waals surface area (Å²) in [7, 11) is 0. The van der Waals surface area contributed by atoms with Gasteiger partial charge in [0.05, 0.1) is 12.7 Å². The van der Waals surface area contributed by atoms with Crippen LogP contribution in [0, 0.1) is 5.92 Å². The van der Waals surface area contributed by atoms with Crippen LogP contribution in [0.4, 0.5) is 5.95 Å². The van der Waals surface area contributed by atoms with Gasteiger partial charge in [0.25, 0.3) is 0 Å². The van der Waals surface area contributed by atoms with E-state index < -0.39 is 0 Å². The van der Waals surface area contributed by atoms with Crippen LogP contribution in [0.15, 0.2) is 34.8 Å². The van der Waals surface area contributed by atoms with E-state index in [0.717, 1.165) is 38.0 Å². The van der Waals surface area contributed by atoms with Gasteiger partial charge in [-0.25, -0.2) is 9.78 Å². The van der Waals surface area contributed by atoms with Gasteiger partial charge in [-0.05, 0) is 57.2 Å². The molecular weight excluding hydrogens is 376 g/mol. The predicted octanol–water partition coefficient (Wildman–Crippen LogP) is 3.05. The lowest BCUT2D eigenvalue weighted by molar-refractivity contribution is 0.392. The van der Waals surface area contributed by atoms with Crippen LogP contribution < -0.4 is 16.3 Å². The Morgan fingerprint density at radius 3 is 3.11 bits per heavy atom. The number of hydrogen-bond acceptors (Lipinski definition) is 5. The molecule has 1 aliphatic rings. The maximum Gasteiger partial charge on any atom is 0.328 e. The highest BCUT2D eigenvalue weighted by Crippen LogP contribution is 2.17. The third-order valence-corrected chi connectivity index (χ3v) is 5.62. The summed E-state index contributed by atoms with van der Waals surface area (Å²) in [5, 5.41) is 6.73. The first-order valence-corrected chi connectivity index (χ1v) is 10.4. The molecule has 1 aliphatic heterocycles. The molecule has 152 valence electrons. The standard InChI is InChI=1S/C20H29ClN6O/c1-3-4-6-14(2)16(9-21)13-27-18-17(25-20(27)28)12-24-19(26-18)23-11-15-7-5-8-22-10-15/h3,12,15,22H,1,4-11,13H2,2H3,(H,25,28)(H,23,24,26)/b16-14+. The normalized spacial score (nSPS) is 18.1. The minimum absolute atomic E-state index is 0.197. The van der Waals surface area contributed by atoms with Gasteiger partial charge in [-0.1, -0.05) is 11.6 Å². The van der Waals surface area contributed by atoms with Crippen LogP contribution in [0.5, 0.6) is 0 Å². The average molecular weight is 405 g/mol. The van der Waals surface area contributed by atoms with Crippen LogP contribution in [0.3, 0.4) is 0 Å². The Morgan fingerprint density at radius 1 is 1.54 bits per heavy atom. The number of H-pyrrole nitrogens is 1. The Labute approximate surface area is 170 Å². The summed E-state index contributed by atoms with van der Waals surface area (Å²) in [6.07, 6.45) is 7.73. The summed E-state index contributed by atoms with van der Waals surface area (Å²) in [5.74, 6) is 1.50. The molecule has 0 aliphatic carbocycles. The lowest BCUT2D eigenvalue weighted by Crippen LogP contribution is -2.33. The zero-order chi connectivity index (χ0) is 19.9. The van der Waals surface area contributed by atoms with Crippen molar-refractivity contribution in [1.82, 2.24) is 24.8 Å². The van der Waals surface area contributed by atoms with Crippen molar-refractivity contribution in [3.05, 3.63) is 40.5 Å². The first-order chi connectivity index (χ1) is 13.6. The molecule has 0 amide bonds. The smallest absolute Gasteiger partial charge is 0.328 e. The molecule has 0 saturated carbocycles. The third kappa shape index (κ3) is 5.02. The van der Waals surface area contributed by atoms with E-state index in [1.165, 1.54) is 18.4 Å². The van der Waals surface area contributed by atoms with Crippen molar-refractivity contribution in [3.63, 3.8) is 0 Å². The first kappa shape index (κ1) is 20.6. The molecule has 0 bridgehead atoms. The average Bonchev–Trinajstić information content (AvgIpc) is 3.03. The first-order valence-electron chi connectivity index (χ1n) is 9.87. The Hall–Kier alpha value is -2.12. The van der Waals surface area contributed by atoms with Gasteiger partial charge in [0, 0.05) is 12.4 Å². The number of anilines is 1. The maximum absolute atomic E-state index is 12.5. The van der Waals surface area contributed by atoms with Gasteiger partial charge in [0.1, 0.15) is 5.52 Å². The molecule has 1 saturated heterocycles. The quantitative estimate of drug-likeness (QED) is 0.441. The molecular formula is C20H29ClN6O. The predicted molar refractivity (Wildman–Crippen MR) is 115 cm³/mol. The second-order valence-electron chi connectivity index (χ2n) is 7.39. The molecule has 28 heavy (non-hydrogen) atoms. The summed E-state index contributed by atoms with van der Waals surface area (Å²) < 4.78 is 1.64. The number of rotatable bonds is 9.